The van der Waals surface area contributed by atoms with Gasteiger partial charge in [-0.25, -0.2) is 13.2 Å². The molecule has 0 radical (unpaired) electrons. The molecule has 108 valence electrons. The predicted octanol–water partition coefficient (Wildman–Crippen LogP) is -0.105. The molecule has 1 amide bonds. The SMILES string of the molecule is O=C1CN(S(=O)(=O)c2ccc(C(=O)O)cc2)CCCN1. The zero-order chi connectivity index (χ0) is 14.8. The molecule has 8 heteroatoms. The van der Waals surface area contributed by atoms with Crippen LogP contribution in [0.2, 0.25) is 0 Å². The van der Waals surface area contributed by atoms with Crippen LogP contribution in [0.3, 0.4) is 0 Å². The number of hydrogen-bond donors (Lipinski definition) is 2. The highest BCUT2D eigenvalue weighted by atomic mass is 32.2. The summed E-state index contributed by atoms with van der Waals surface area (Å²) < 4.78 is 25.8. The third-order valence-corrected chi connectivity index (χ3v) is 4.82. The van der Waals surface area contributed by atoms with Crippen molar-refractivity contribution in [3.63, 3.8) is 0 Å². The number of aromatic carboxylic acids is 1. The van der Waals surface area contributed by atoms with Gasteiger partial charge in [0.25, 0.3) is 0 Å². The molecule has 0 aromatic heterocycles. The van der Waals surface area contributed by atoms with Crippen molar-refractivity contribution in [3.05, 3.63) is 29.8 Å². The van der Waals surface area contributed by atoms with Crippen LogP contribution in [0.4, 0.5) is 0 Å². The van der Waals surface area contributed by atoms with Gasteiger partial charge in [-0.2, -0.15) is 4.31 Å². The number of carboxylic acids is 1. The van der Waals surface area contributed by atoms with Gasteiger partial charge >= 0.3 is 5.97 Å². The summed E-state index contributed by atoms with van der Waals surface area (Å²) in [6.07, 6.45) is 0.540. The van der Waals surface area contributed by atoms with Crippen molar-refractivity contribution in [1.29, 1.82) is 0 Å². The molecule has 20 heavy (non-hydrogen) atoms. The molecule has 0 saturated carbocycles. The molecular formula is C12H14N2O5S. The van der Waals surface area contributed by atoms with Crippen LogP contribution < -0.4 is 5.32 Å². The topological polar surface area (TPSA) is 104 Å². The van der Waals surface area contributed by atoms with E-state index in [0.717, 1.165) is 4.31 Å². The van der Waals surface area contributed by atoms with Crippen LogP contribution in [0.5, 0.6) is 0 Å². The van der Waals surface area contributed by atoms with E-state index >= 15 is 0 Å². The Hall–Kier alpha value is -1.93. The van der Waals surface area contributed by atoms with Crippen molar-refractivity contribution in [1.82, 2.24) is 9.62 Å². The number of carboxylic acid groups (broad SMARTS) is 1. The van der Waals surface area contributed by atoms with Gasteiger partial charge in [-0.15, -0.1) is 0 Å². The Bertz CT molecular complexity index is 624. The zero-order valence-corrected chi connectivity index (χ0v) is 11.4. The number of benzene rings is 1. The minimum atomic E-state index is -3.78. The Morgan fingerprint density at radius 3 is 2.50 bits per heavy atom. The van der Waals surface area contributed by atoms with E-state index in [9.17, 15) is 18.0 Å². The normalized spacial score (nSPS) is 17.3. The summed E-state index contributed by atoms with van der Waals surface area (Å²) in [6, 6.07) is 4.93. The second-order valence-corrected chi connectivity index (χ2v) is 6.31. The molecule has 7 nitrogen and oxygen atoms in total. The Labute approximate surface area is 116 Å². The van der Waals surface area contributed by atoms with E-state index in [1.165, 1.54) is 24.3 Å². The lowest BCUT2D eigenvalue weighted by atomic mass is 10.2. The van der Waals surface area contributed by atoms with E-state index in [4.69, 9.17) is 5.11 Å². The van der Waals surface area contributed by atoms with E-state index < -0.39 is 16.0 Å². The quantitative estimate of drug-likeness (QED) is 0.810. The maximum atomic E-state index is 12.4. The van der Waals surface area contributed by atoms with Gasteiger partial charge in [0.2, 0.25) is 15.9 Å². The number of nitrogens with zero attached hydrogens (tertiary/aromatic N) is 1. The highest BCUT2D eigenvalue weighted by molar-refractivity contribution is 7.89. The maximum Gasteiger partial charge on any atom is 0.335 e. The Morgan fingerprint density at radius 1 is 1.25 bits per heavy atom. The molecule has 0 spiro atoms. The number of carbonyl (C=O) groups is 2. The Kier molecular flexibility index (Phi) is 4.05. The first-order valence-electron chi connectivity index (χ1n) is 6.01. The van der Waals surface area contributed by atoms with Gasteiger partial charge in [-0.1, -0.05) is 0 Å². The molecule has 0 atom stereocenters. The molecule has 1 fully saturated rings. The predicted molar refractivity (Wildman–Crippen MR) is 69.8 cm³/mol. The summed E-state index contributed by atoms with van der Waals surface area (Å²) in [5.41, 5.74) is 0.0116. The largest absolute Gasteiger partial charge is 0.478 e. The molecular weight excluding hydrogens is 284 g/mol. The Morgan fingerprint density at radius 2 is 1.90 bits per heavy atom. The van der Waals surface area contributed by atoms with E-state index in [1.54, 1.807) is 0 Å². The number of sulfonamides is 1. The van der Waals surface area contributed by atoms with E-state index in [2.05, 4.69) is 5.32 Å². The van der Waals surface area contributed by atoms with E-state index in [0.29, 0.717) is 13.0 Å². The second kappa shape index (κ2) is 5.59. The smallest absolute Gasteiger partial charge is 0.335 e. The van der Waals surface area contributed by atoms with Crippen LogP contribution in [0, 0.1) is 0 Å². The molecule has 2 rings (SSSR count). The lowest BCUT2D eigenvalue weighted by Crippen LogP contribution is -2.37. The van der Waals surface area contributed by atoms with Crippen molar-refractivity contribution < 1.29 is 23.1 Å². The van der Waals surface area contributed by atoms with Crippen LogP contribution in [-0.4, -0.2) is 49.3 Å². The van der Waals surface area contributed by atoms with Gasteiger partial charge in [0.05, 0.1) is 17.0 Å². The van der Waals surface area contributed by atoms with Gasteiger partial charge < -0.3 is 10.4 Å². The standard InChI is InChI=1S/C12H14N2O5S/c15-11-8-14(7-1-6-13-11)20(18,19)10-4-2-9(3-5-10)12(16)17/h2-5H,1,6-8H2,(H,13,15)(H,16,17). The van der Waals surface area contributed by atoms with Crippen LogP contribution >= 0.6 is 0 Å². The average molecular weight is 298 g/mol. The van der Waals surface area contributed by atoms with Gasteiger partial charge in [0, 0.05) is 13.1 Å². The number of rotatable bonds is 3. The molecule has 1 aromatic carbocycles. The molecule has 0 aliphatic carbocycles. The van der Waals surface area contributed by atoms with Gasteiger partial charge in [-0.05, 0) is 30.7 Å². The molecule has 0 bridgehead atoms. The van der Waals surface area contributed by atoms with E-state index in [1.807, 2.05) is 0 Å². The zero-order valence-electron chi connectivity index (χ0n) is 10.6. The maximum absolute atomic E-state index is 12.4. The molecule has 1 aromatic rings. The minimum Gasteiger partial charge on any atom is -0.478 e. The van der Waals surface area contributed by atoms with Crippen LogP contribution in [0.15, 0.2) is 29.2 Å². The Balaban J connectivity index is 2.29. The third-order valence-electron chi connectivity index (χ3n) is 2.97. The molecule has 1 heterocycles. The van der Waals surface area contributed by atoms with E-state index in [-0.39, 0.29) is 29.5 Å². The number of nitrogens with one attached hydrogen (secondary N) is 1. The summed E-state index contributed by atoms with van der Waals surface area (Å²) in [4.78, 5) is 22.1. The fraction of sp³-hybridized carbons (Fsp3) is 0.333. The first kappa shape index (κ1) is 14.5. The highest BCUT2D eigenvalue weighted by Crippen LogP contribution is 2.17. The first-order chi connectivity index (χ1) is 9.41. The van der Waals surface area contributed by atoms with Crippen molar-refractivity contribution >= 4 is 21.9 Å². The molecule has 2 N–H and O–H groups in total. The van der Waals surface area contributed by atoms with Crippen LogP contribution in [0.25, 0.3) is 0 Å². The summed E-state index contributed by atoms with van der Waals surface area (Å²) in [7, 11) is -3.78. The van der Waals surface area contributed by atoms with Crippen molar-refractivity contribution in [2.75, 3.05) is 19.6 Å². The second-order valence-electron chi connectivity index (χ2n) is 4.37. The molecule has 1 aliphatic heterocycles. The monoisotopic (exact) mass is 298 g/mol. The van der Waals surface area contributed by atoms with Gasteiger partial charge in [0.1, 0.15) is 0 Å². The minimum absolute atomic E-state index is 0.0116. The van der Waals surface area contributed by atoms with Crippen molar-refractivity contribution in [2.45, 2.75) is 11.3 Å². The van der Waals surface area contributed by atoms with Crippen LogP contribution in [0.1, 0.15) is 16.8 Å². The summed E-state index contributed by atoms with van der Waals surface area (Å²) in [5, 5.41) is 11.4. The fourth-order valence-electron chi connectivity index (χ4n) is 1.90. The number of amides is 1. The first-order valence-corrected chi connectivity index (χ1v) is 7.45. The average Bonchev–Trinajstić information content (AvgIpc) is 2.64. The van der Waals surface area contributed by atoms with Crippen molar-refractivity contribution in [3.8, 4) is 0 Å². The molecule has 0 unspecified atom stereocenters. The summed E-state index contributed by atoms with van der Waals surface area (Å²) >= 11 is 0. The lowest BCUT2D eigenvalue weighted by Gasteiger charge is -2.18. The number of hydrogen-bond acceptors (Lipinski definition) is 4. The summed E-state index contributed by atoms with van der Waals surface area (Å²) in [5.74, 6) is -1.46. The molecule has 1 aliphatic rings. The third kappa shape index (κ3) is 2.97. The highest BCUT2D eigenvalue weighted by Gasteiger charge is 2.27. The van der Waals surface area contributed by atoms with Crippen LogP contribution in [-0.2, 0) is 14.8 Å². The van der Waals surface area contributed by atoms with Gasteiger partial charge in [0.15, 0.2) is 0 Å². The van der Waals surface area contributed by atoms with Crippen molar-refractivity contribution in [2.24, 2.45) is 0 Å². The van der Waals surface area contributed by atoms with Gasteiger partial charge in [-0.3, -0.25) is 4.79 Å². The lowest BCUT2D eigenvalue weighted by molar-refractivity contribution is -0.120. The number of carbonyl (C=O) groups excluding carboxylic acids is 1. The summed E-state index contributed by atoms with van der Waals surface area (Å²) in [6.45, 7) is 0.480. The fourth-order valence-corrected chi connectivity index (χ4v) is 3.34. The molecule has 1 saturated heterocycles.